The number of alkyl halides is 3. The summed E-state index contributed by atoms with van der Waals surface area (Å²) in [6.45, 7) is 1.42. The number of rotatable bonds is 6. The van der Waals surface area contributed by atoms with Gasteiger partial charge in [0.2, 0.25) is 6.41 Å². The van der Waals surface area contributed by atoms with E-state index in [1.165, 1.54) is 25.1 Å². The summed E-state index contributed by atoms with van der Waals surface area (Å²) in [5, 5.41) is 21.8. The number of aliphatic imine (C=N–C) groups is 1. The number of carbonyl (C=O) groups is 2. The first-order valence-electron chi connectivity index (χ1n) is 7.59. The maximum Gasteiger partial charge on any atom is 0.439 e. The van der Waals surface area contributed by atoms with Gasteiger partial charge in [0, 0.05) is 12.0 Å². The fraction of sp³-hybridized carbons (Fsp3) is 0.438. The molecule has 2 rings (SSSR count). The van der Waals surface area contributed by atoms with Crippen molar-refractivity contribution in [3.8, 4) is 5.75 Å². The molecular weight excluding hydrogens is 389 g/mol. The number of phenolic OH excluding ortho intramolecular Hbond substituents is 1. The Morgan fingerprint density at radius 1 is 1.48 bits per heavy atom. The highest BCUT2D eigenvalue weighted by Gasteiger charge is 2.57. The van der Waals surface area contributed by atoms with Crippen molar-refractivity contribution < 1.29 is 37.7 Å². The van der Waals surface area contributed by atoms with Crippen LogP contribution in [-0.2, 0) is 20.7 Å². The Kier molecular flexibility index (Phi) is 5.76. The molecule has 0 aromatic heterocycles. The van der Waals surface area contributed by atoms with E-state index >= 15 is 0 Å². The van der Waals surface area contributed by atoms with Gasteiger partial charge in [-0.3, -0.25) is 4.79 Å². The van der Waals surface area contributed by atoms with Crippen LogP contribution >= 0.6 is 11.8 Å². The normalized spacial score (nSPS) is 21.9. The average Bonchev–Trinajstić information content (AvgIpc) is 2.99. The number of benzene rings is 1. The molecule has 148 valence electrons. The predicted molar refractivity (Wildman–Crippen MR) is 91.4 cm³/mol. The number of aromatic hydroxyl groups is 1. The molecule has 2 atom stereocenters. The van der Waals surface area contributed by atoms with E-state index in [1.54, 1.807) is 0 Å². The Balaban J connectivity index is 2.39. The fourth-order valence-corrected chi connectivity index (χ4v) is 3.60. The van der Waals surface area contributed by atoms with Crippen LogP contribution in [0.5, 0.6) is 5.75 Å². The summed E-state index contributed by atoms with van der Waals surface area (Å²) in [5.74, 6) is -1.79. The quantitative estimate of drug-likeness (QED) is 0.486. The number of amides is 1. The standard InChI is InChI=1S/C16H17F3N2O5S/c1-14(20-8-22,13(24)26-2)6-9-3-4-11(23)10(5-9)12-21-15(25,7-27-12)16(17,18)19/h3-5,8,23,25H,6-7H2,1-2H3,(H,20,22)/t14-,15?/m0/s1. The third-order valence-corrected chi connectivity index (χ3v) is 5.14. The van der Waals surface area contributed by atoms with Crippen LogP contribution in [0.15, 0.2) is 23.2 Å². The van der Waals surface area contributed by atoms with E-state index in [-0.39, 0.29) is 22.8 Å². The van der Waals surface area contributed by atoms with Crippen LogP contribution in [0.3, 0.4) is 0 Å². The van der Waals surface area contributed by atoms with Gasteiger partial charge in [0.25, 0.3) is 5.72 Å². The molecule has 0 spiro atoms. The summed E-state index contributed by atoms with van der Waals surface area (Å²) in [5.41, 5.74) is -4.23. The molecule has 11 heteroatoms. The number of nitrogens with one attached hydrogen (secondary N) is 1. The molecule has 0 fully saturated rings. The minimum absolute atomic E-state index is 0.0176. The van der Waals surface area contributed by atoms with Crippen molar-refractivity contribution in [2.75, 3.05) is 12.9 Å². The van der Waals surface area contributed by atoms with Crippen molar-refractivity contribution in [3.63, 3.8) is 0 Å². The zero-order valence-electron chi connectivity index (χ0n) is 14.3. The van der Waals surface area contributed by atoms with Crippen molar-refractivity contribution in [1.82, 2.24) is 5.32 Å². The van der Waals surface area contributed by atoms with Gasteiger partial charge >= 0.3 is 12.1 Å². The third kappa shape index (κ3) is 4.19. The first-order chi connectivity index (χ1) is 12.5. The zero-order valence-corrected chi connectivity index (χ0v) is 15.1. The monoisotopic (exact) mass is 406 g/mol. The number of carbonyl (C=O) groups excluding carboxylic acids is 2. The van der Waals surface area contributed by atoms with Gasteiger partial charge in [0.05, 0.1) is 12.9 Å². The average molecular weight is 406 g/mol. The van der Waals surface area contributed by atoms with E-state index < -0.39 is 29.2 Å². The number of methoxy groups -OCH3 is 1. The predicted octanol–water partition coefficient (Wildman–Crippen LogP) is 1.36. The van der Waals surface area contributed by atoms with E-state index in [9.17, 15) is 33.0 Å². The first kappa shape index (κ1) is 21.0. The zero-order chi connectivity index (χ0) is 20.5. The van der Waals surface area contributed by atoms with Crippen LogP contribution in [0.25, 0.3) is 0 Å². The fourth-order valence-electron chi connectivity index (χ4n) is 2.49. The lowest BCUT2D eigenvalue weighted by atomic mass is 9.92. The molecular formula is C16H17F3N2O5S. The van der Waals surface area contributed by atoms with Gasteiger partial charge in [-0.25, -0.2) is 9.79 Å². The topological polar surface area (TPSA) is 108 Å². The maximum absolute atomic E-state index is 12.9. The van der Waals surface area contributed by atoms with Gasteiger partial charge < -0.3 is 20.3 Å². The van der Waals surface area contributed by atoms with Crippen LogP contribution < -0.4 is 5.32 Å². The number of nitrogens with zero attached hydrogens (tertiary/aromatic N) is 1. The van der Waals surface area contributed by atoms with Crippen molar-refractivity contribution >= 4 is 29.2 Å². The number of aliphatic hydroxyl groups is 1. The Labute approximate surface area is 156 Å². The van der Waals surface area contributed by atoms with E-state index in [0.29, 0.717) is 23.7 Å². The highest BCUT2D eigenvalue weighted by atomic mass is 32.2. The summed E-state index contributed by atoms with van der Waals surface area (Å²) in [7, 11) is 1.15. The molecule has 7 nitrogen and oxygen atoms in total. The lowest BCUT2D eigenvalue weighted by molar-refractivity contribution is -0.245. The Morgan fingerprint density at radius 3 is 2.67 bits per heavy atom. The molecule has 1 heterocycles. The number of thioether (sulfide) groups is 1. The SMILES string of the molecule is COC(=O)[C@](C)(Cc1ccc(O)c(C2=NC(O)(C(F)(F)F)CS2)c1)NC=O. The molecule has 0 radical (unpaired) electrons. The molecule has 0 saturated carbocycles. The minimum Gasteiger partial charge on any atom is -0.507 e. The van der Waals surface area contributed by atoms with E-state index in [2.05, 4.69) is 15.0 Å². The number of esters is 1. The molecule has 27 heavy (non-hydrogen) atoms. The number of ether oxygens (including phenoxy) is 1. The van der Waals surface area contributed by atoms with E-state index in [0.717, 1.165) is 7.11 Å². The second-order valence-electron chi connectivity index (χ2n) is 6.13. The lowest BCUT2D eigenvalue weighted by Crippen LogP contribution is -2.51. The highest BCUT2D eigenvalue weighted by molar-refractivity contribution is 8.14. The third-order valence-electron chi connectivity index (χ3n) is 4.01. The maximum atomic E-state index is 12.9. The molecule has 1 aromatic carbocycles. The summed E-state index contributed by atoms with van der Waals surface area (Å²) >= 11 is 0.648. The van der Waals surface area contributed by atoms with Crippen LogP contribution in [0.2, 0.25) is 0 Å². The second-order valence-corrected chi connectivity index (χ2v) is 7.10. The van der Waals surface area contributed by atoms with Gasteiger partial charge in [-0.15, -0.1) is 11.8 Å². The van der Waals surface area contributed by atoms with Crippen LogP contribution in [-0.4, -0.2) is 57.9 Å². The minimum atomic E-state index is -4.95. The number of phenols is 1. The molecule has 1 unspecified atom stereocenters. The van der Waals surface area contributed by atoms with Gasteiger partial charge in [-0.05, 0) is 24.6 Å². The first-order valence-corrected chi connectivity index (χ1v) is 8.58. The number of hydrogen-bond acceptors (Lipinski definition) is 7. The number of halogens is 3. The summed E-state index contributed by atoms with van der Waals surface area (Å²) in [4.78, 5) is 26.1. The second kappa shape index (κ2) is 7.39. The van der Waals surface area contributed by atoms with Crippen LogP contribution in [0.1, 0.15) is 18.1 Å². The molecule has 3 N–H and O–H groups in total. The van der Waals surface area contributed by atoms with E-state index in [4.69, 9.17) is 0 Å². The molecule has 1 aliphatic rings. The highest BCUT2D eigenvalue weighted by Crippen LogP contribution is 2.42. The summed E-state index contributed by atoms with van der Waals surface area (Å²) in [6.07, 6.45) is -4.67. The van der Waals surface area contributed by atoms with Gasteiger partial charge in [0.15, 0.2) is 0 Å². The molecule has 1 aromatic rings. The molecule has 1 amide bonds. The van der Waals surface area contributed by atoms with E-state index in [1.807, 2.05) is 0 Å². The summed E-state index contributed by atoms with van der Waals surface area (Å²) in [6, 6.07) is 4.02. The molecule has 0 bridgehead atoms. The van der Waals surface area contributed by atoms with Crippen molar-refractivity contribution in [2.45, 2.75) is 30.8 Å². The smallest absolute Gasteiger partial charge is 0.439 e. The van der Waals surface area contributed by atoms with Crippen LogP contribution in [0, 0.1) is 0 Å². The molecule has 1 aliphatic heterocycles. The Bertz CT molecular complexity index is 786. The van der Waals surface area contributed by atoms with Crippen molar-refractivity contribution in [2.24, 2.45) is 4.99 Å². The summed E-state index contributed by atoms with van der Waals surface area (Å²) < 4.78 is 43.4. The van der Waals surface area contributed by atoms with Crippen LogP contribution in [0.4, 0.5) is 13.2 Å². The molecule has 0 aliphatic carbocycles. The molecule has 0 saturated heterocycles. The van der Waals surface area contributed by atoms with Crippen molar-refractivity contribution in [3.05, 3.63) is 29.3 Å². The Hall–Kier alpha value is -2.27. The van der Waals surface area contributed by atoms with Gasteiger partial charge in [-0.2, -0.15) is 13.2 Å². The Morgan fingerprint density at radius 2 is 2.15 bits per heavy atom. The lowest BCUT2D eigenvalue weighted by Gasteiger charge is -2.26. The van der Waals surface area contributed by atoms with Gasteiger partial charge in [-0.1, -0.05) is 6.07 Å². The van der Waals surface area contributed by atoms with Gasteiger partial charge in [0.1, 0.15) is 16.3 Å². The number of hydrogen-bond donors (Lipinski definition) is 3. The van der Waals surface area contributed by atoms with Crippen molar-refractivity contribution in [1.29, 1.82) is 0 Å². The largest absolute Gasteiger partial charge is 0.507 e.